The van der Waals surface area contributed by atoms with Crippen molar-refractivity contribution in [2.75, 3.05) is 7.11 Å². The van der Waals surface area contributed by atoms with Crippen molar-refractivity contribution in [1.29, 1.82) is 0 Å². The quantitative estimate of drug-likeness (QED) is 0.783. The summed E-state index contributed by atoms with van der Waals surface area (Å²) in [6.07, 6.45) is 4.04. The molecule has 0 bridgehead atoms. The second-order valence-corrected chi connectivity index (χ2v) is 6.19. The SMILES string of the molecule is COc1cc2c(cc1OP)CCC1C(=O)C(C)CCC21. The summed E-state index contributed by atoms with van der Waals surface area (Å²) in [6, 6.07) is 4.15. The van der Waals surface area contributed by atoms with E-state index in [0.29, 0.717) is 11.7 Å². The van der Waals surface area contributed by atoms with Gasteiger partial charge in [0.25, 0.3) is 0 Å². The first kappa shape index (κ1) is 13.9. The van der Waals surface area contributed by atoms with Crippen LogP contribution in [0.3, 0.4) is 0 Å². The van der Waals surface area contributed by atoms with Gasteiger partial charge in [-0.25, -0.2) is 0 Å². The Kier molecular flexibility index (Phi) is 3.72. The van der Waals surface area contributed by atoms with Crippen LogP contribution in [0.15, 0.2) is 12.1 Å². The van der Waals surface area contributed by atoms with E-state index in [9.17, 15) is 4.79 Å². The largest absolute Gasteiger partial charge is 0.493 e. The normalized spacial score (nSPS) is 28.6. The lowest BCUT2D eigenvalue weighted by atomic mass is 9.65. The highest BCUT2D eigenvalue weighted by Crippen LogP contribution is 2.47. The fourth-order valence-corrected chi connectivity index (χ4v) is 3.98. The maximum atomic E-state index is 12.4. The van der Waals surface area contributed by atoms with Crippen LogP contribution < -0.4 is 9.26 Å². The first-order valence-corrected chi connectivity index (χ1v) is 7.74. The Morgan fingerprint density at radius 3 is 2.65 bits per heavy atom. The number of rotatable bonds is 2. The van der Waals surface area contributed by atoms with Gasteiger partial charge in [0, 0.05) is 11.8 Å². The summed E-state index contributed by atoms with van der Waals surface area (Å²) in [5, 5.41) is 0. The number of methoxy groups -OCH3 is 1. The van der Waals surface area contributed by atoms with Gasteiger partial charge >= 0.3 is 0 Å². The fraction of sp³-hybridized carbons (Fsp3) is 0.562. The molecule has 0 amide bonds. The molecule has 3 rings (SSSR count). The van der Waals surface area contributed by atoms with Gasteiger partial charge in [0.2, 0.25) is 0 Å². The van der Waals surface area contributed by atoms with E-state index in [2.05, 4.69) is 28.5 Å². The van der Waals surface area contributed by atoms with Crippen LogP contribution in [0.25, 0.3) is 0 Å². The number of carbonyl (C=O) groups excluding carboxylic acids is 1. The van der Waals surface area contributed by atoms with Gasteiger partial charge in [-0.15, -0.1) is 0 Å². The highest BCUT2D eigenvalue weighted by Gasteiger charge is 2.40. The van der Waals surface area contributed by atoms with Crippen LogP contribution in [0.1, 0.15) is 43.2 Å². The van der Waals surface area contributed by atoms with Crippen LogP contribution in [0.5, 0.6) is 11.5 Å². The molecular formula is C16H21O3P. The number of aryl methyl sites for hydroxylation is 1. The molecular weight excluding hydrogens is 271 g/mol. The molecule has 20 heavy (non-hydrogen) atoms. The summed E-state index contributed by atoms with van der Waals surface area (Å²) in [6.45, 7) is 2.07. The maximum absolute atomic E-state index is 12.4. The zero-order chi connectivity index (χ0) is 14.3. The standard InChI is InChI=1S/C16H21O3P/c1-9-3-5-11-12(16(9)17)6-4-10-7-15(19-20)14(18-2)8-13(10)11/h7-9,11-12H,3-6,20H2,1-2H3. The van der Waals surface area contributed by atoms with Gasteiger partial charge in [-0.3, -0.25) is 4.79 Å². The highest BCUT2D eigenvalue weighted by molar-refractivity contribution is 7.10. The number of Topliss-reactive ketones (excluding diaryl/α,β-unsaturated/α-hetero) is 1. The number of ether oxygens (including phenoxy) is 1. The van der Waals surface area contributed by atoms with E-state index in [-0.39, 0.29) is 11.8 Å². The van der Waals surface area contributed by atoms with Crippen LogP contribution in [0, 0.1) is 11.8 Å². The molecule has 0 spiro atoms. The van der Waals surface area contributed by atoms with Gasteiger partial charge < -0.3 is 9.26 Å². The number of benzene rings is 1. The van der Waals surface area contributed by atoms with E-state index in [0.717, 1.165) is 37.2 Å². The van der Waals surface area contributed by atoms with Crippen LogP contribution >= 0.6 is 9.47 Å². The summed E-state index contributed by atoms with van der Waals surface area (Å²) < 4.78 is 10.7. The molecule has 108 valence electrons. The Labute approximate surface area is 122 Å². The van der Waals surface area contributed by atoms with Gasteiger partial charge in [0.1, 0.15) is 5.78 Å². The van der Waals surface area contributed by atoms with Crippen molar-refractivity contribution in [2.45, 2.75) is 38.5 Å². The van der Waals surface area contributed by atoms with Crippen molar-refractivity contribution in [2.24, 2.45) is 11.8 Å². The third kappa shape index (κ3) is 2.13. The van der Waals surface area contributed by atoms with Crippen LogP contribution in [0.2, 0.25) is 0 Å². The summed E-state index contributed by atoms with van der Waals surface area (Å²) in [7, 11) is 3.93. The average Bonchev–Trinajstić information content (AvgIpc) is 2.49. The minimum Gasteiger partial charge on any atom is -0.493 e. The molecule has 2 aliphatic rings. The predicted octanol–water partition coefficient (Wildman–Crippen LogP) is 3.51. The Morgan fingerprint density at radius 2 is 1.95 bits per heavy atom. The summed E-state index contributed by atoms with van der Waals surface area (Å²) in [5.41, 5.74) is 2.61. The predicted molar refractivity (Wildman–Crippen MR) is 81.3 cm³/mol. The topological polar surface area (TPSA) is 35.5 Å². The molecule has 0 N–H and O–H groups in total. The molecule has 0 aromatic heterocycles. The Hall–Kier alpha value is -1.08. The Bertz CT molecular complexity index is 541. The fourth-order valence-electron chi connectivity index (χ4n) is 3.79. The average molecular weight is 292 g/mol. The molecule has 1 fully saturated rings. The first-order valence-electron chi connectivity index (χ1n) is 7.27. The molecule has 0 heterocycles. The Morgan fingerprint density at radius 1 is 1.15 bits per heavy atom. The van der Waals surface area contributed by atoms with E-state index in [1.807, 2.05) is 0 Å². The Balaban J connectivity index is 2.02. The summed E-state index contributed by atoms with van der Waals surface area (Å²) in [4.78, 5) is 12.4. The number of carbonyl (C=O) groups is 1. The highest BCUT2D eigenvalue weighted by atomic mass is 31.0. The van der Waals surface area contributed by atoms with Crippen LogP contribution in [0.4, 0.5) is 0 Å². The first-order chi connectivity index (χ1) is 9.65. The molecule has 1 saturated carbocycles. The zero-order valence-electron chi connectivity index (χ0n) is 12.0. The lowest BCUT2D eigenvalue weighted by molar-refractivity contribution is -0.129. The van der Waals surface area contributed by atoms with Crippen LogP contribution in [-0.2, 0) is 11.2 Å². The van der Waals surface area contributed by atoms with Gasteiger partial charge in [-0.1, -0.05) is 6.92 Å². The second kappa shape index (κ2) is 5.37. The molecule has 4 atom stereocenters. The minimum absolute atomic E-state index is 0.207. The van der Waals surface area contributed by atoms with Crippen molar-refractivity contribution in [3.63, 3.8) is 0 Å². The van der Waals surface area contributed by atoms with Gasteiger partial charge in [0.05, 0.1) is 16.6 Å². The molecule has 3 nitrogen and oxygen atoms in total. The van der Waals surface area contributed by atoms with Crippen molar-refractivity contribution < 1.29 is 14.1 Å². The maximum Gasteiger partial charge on any atom is 0.164 e. The lowest BCUT2D eigenvalue weighted by Gasteiger charge is -2.38. The smallest absolute Gasteiger partial charge is 0.164 e. The van der Waals surface area contributed by atoms with Gasteiger partial charge in [-0.05, 0) is 54.9 Å². The van der Waals surface area contributed by atoms with E-state index in [1.165, 1.54) is 11.1 Å². The third-order valence-electron chi connectivity index (χ3n) is 4.92. The zero-order valence-corrected chi connectivity index (χ0v) is 13.2. The molecule has 1 aromatic carbocycles. The van der Waals surface area contributed by atoms with Gasteiger partial charge in [0.15, 0.2) is 11.5 Å². The van der Waals surface area contributed by atoms with Crippen molar-refractivity contribution in [1.82, 2.24) is 0 Å². The van der Waals surface area contributed by atoms with E-state index in [4.69, 9.17) is 9.26 Å². The molecule has 0 radical (unpaired) electrons. The number of fused-ring (bicyclic) bond motifs is 3. The molecule has 4 unspecified atom stereocenters. The minimum atomic E-state index is 0.207. The molecule has 0 saturated heterocycles. The third-order valence-corrected chi connectivity index (χ3v) is 5.18. The number of ketones is 1. The summed E-state index contributed by atoms with van der Waals surface area (Å²) in [5.74, 6) is 2.77. The van der Waals surface area contributed by atoms with Crippen molar-refractivity contribution in [3.05, 3.63) is 23.3 Å². The van der Waals surface area contributed by atoms with Crippen molar-refractivity contribution >= 4 is 15.2 Å². The van der Waals surface area contributed by atoms with Gasteiger partial charge in [-0.2, -0.15) is 0 Å². The lowest BCUT2D eigenvalue weighted by Crippen LogP contribution is -2.35. The molecule has 1 aromatic rings. The molecule has 2 aliphatic carbocycles. The van der Waals surface area contributed by atoms with E-state index >= 15 is 0 Å². The van der Waals surface area contributed by atoms with Crippen molar-refractivity contribution in [3.8, 4) is 11.5 Å². The summed E-state index contributed by atoms with van der Waals surface area (Å²) >= 11 is 0. The van der Waals surface area contributed by atoms with E-state index in [1.54, 1.807) is 7.11 Å². The molecule has 0 aliphatic heterocycles. The second-order valence-electron chi connectivity index (χ2n) is 5.95. The van der Waals surface area contributed by atoms with E-state index < -0.39 is 0 Å². The number of hydrogen-bond acceptors (Lipinski definition) is 3. The number of hydrogen-bond donors (Lipinski definition) is 0. The van der Waals surface area contributed by atoms with Crippen LogP contribution in [-0.4, -0.2) is 12.9 Å². The molecule has 4 heteroatoms. The monoisotopic (exact) mass is 292 g/mol.